The fraction of sp³-hybridized carbons (Fsp3) is 0.440. The van der Waals surface area contributed by atoms with Crippen molar-refractivity contribution in [3.05, 3.63) is 60.4 Å². The largest absolute Gasteiger partial charge is 0.460 e. The lowest BCUT2D eigenvalue weighted by Crippen LogP contribution is -2.63. The van der Waals surface area contributed by atoms with E-state index in [1.54, 1.807) is 25.3 Å². The van der Waals surface area contributed by atoms with E-state index in [-0.39, 0.29) is 11.8 Å². The van der Waals surface area contributed by atoms with Crippen LogP contribution in [0.2, 0.25) is 0 Å². The van der Waals surface area contributed by atoms with Gasteiger partial charge in [0.1, 0.15) is 6.10 Å². The normalized spacial score (nSPS) is 36.0. The number of aliphatic hydroxyl groups is 2. The van der Waals surface area contributed by atoms with Crippen LogP contribution in [0.1, 0.15) is 39.3 Å². The van der Waals surface area contributed by atoms with Crippen molar-refractivity contribution < 1.29 is 19.7 Å². The Labute approximate surface area is 177 Å². The number of carbonyl (C=O) groups excluding carboxylic acids is 1. The highest BCUT2D eigenvalue weighted by Crippen LogP contribution is 2.54. The first-order chi connectivity index (χ1) is 14.3. The van der Waals surface area contributed by atoms with Crippen LogP contribution in [0.5, 0.6) is 0 Å². The van der Waals surface area contributed by atoms with E-state index in [1.165, 1.54) is 0 Å². The Kier molecular flexibility index (Phi) is 5.28. The van der Waals surface area contributed by atoms with Crippen molar-refractivity contribution in [1.82, 2.24) is 4.98 Å². The molecule has 2 heterocycles. The molecule has 2 aliphatic rings. The molecule has 6 atom stereocenters. The lowest BCUT2D eigenvalue weighted by molar-refractivity contribution is -0.180. The van der Waals surface area contributed by atoms with Gasteiger partial charge in [0, 0.05) is 11.8 Å². The van der Waals surface area contributed by atoms with Crippen molar-refractivity contribution >= 4 is 12.0 Å². The van der Waals surface area contributed by atoms with E-state index in [0.717, 1.165) is 17.5 Å². The molecule has 1 saturated carbocycles. The summed E-state index contributed by atoms with van der Waals surface area (Å²) in [7, 11) is 0. The number of ether oxygens (including phenoxy) is 1. The minimum absolute atomic E-state index is 0.0304. The van der Waals surface area contributed by atoms with Crippen LogP contribution in [0, 0.1) is 17.8 Å². The highest BCUT2D eigenvalue weighted by atomic mass is 16.6. The van der Waals surface area contributed by atoms with Crippen molar-refractivity contribution in [2.24, 2.45) is 17.8 Å². The van der Waals surface area contributed by atoms with E-state index in [4.69, 9.17) is 4.74 Å². The molecular formula is C25H29NO4. The van der Waals surface area contributed by atoms with Gasteiger partial charge in [-0.15, -0.1) is 0 Å². The molecule has 1 aromatic carbocycles. The van der Waals surface area contributed by atoms with Gasteiger partial charge in [0.05, 0.1) is 17.2 Å². The van der Waals surface area contributed by atoms with Gasteiger partial charge >= 0.3 is 5.97 Å². The van der Waals surface area contributed by atoms with Crippen molar-refractivity contribution in [3.8, 4) is 11.1 Å². The van der Waals surface area contributed by atoms with E-state index in [1.807, 2.05) is 56.3 Å². The summed E-state index contributed by atoms with van der Waals surface area (Å²) in [6.45, 7) is 5.75. The van der Waals surface area contributed by atoms with Crippen LogP contribution >= 0.6 is 0 Å². The Morgan fingerprint density at radius 1 is 1.13 bits per heavy atom. The SMILES string of the molecule is CC[C@@H]1[C@@H](C)C[C@@]2(O)C(=O)O[C@H](C)[C@H]2[C@@]1(O)/C=C/c1ccc(-c2ccccc2)cn1. The fourth-order valence-corrected chi connectivity index (χ4v) is 5.62. The van der Waals surface area contributed by atoms with E-state index in [2.05, 4.69) is 4.98 Å². The van der Waals surface area contributed by atoms with Gasteiger partial charge in [-0.2, -0.15) is 0 Å². The quantitative estimate of drug-likeness (QED) is 0.753. The summed E-state index contributed by atoms with van der Waals surface area (Å²) in [5, 5.41) is 23.0. The molecule has 2 N–H and O–H groups in total. The van der Waals surface area contributed by atoms with Crippen molar-refractivity contribution in [1.29, 1.82) is 0 Å². The number of aromatic nitrogens is 1. The van der Waals surface area contributed by atoms with E-state index < -0.39 is 29.2 Å². The van der Waals surface area contributed by atoms with Crippen LogP contribution < -0.4 is 0 Å². The topological polar surface area (TPSA) is 79.7 Å². The lowest BCUT2D eigenvalue weighted by Gasteiger charge is -2.51. The Morgan fingerprint density at radius 2 is 1.87 bits per heavy atom. The summed E-state index contributed by atoms with van der Waals surface area (Å²) >= 11 is 0. The van der Waals surface area contributed by atoms with Gasteiger partial charge in [0.2, 0.25) is 0 Å². The molecule has 1 aliphatic heterocycles. The summed E-state index contributed by atoms with van der Waals surface area (Å²) in [6, 6.07) is 13.9. The van der Waals surface area contributed by atoms with Gasteiger partial charge in [-0.3, -0.25) is 4.98 Å². The molecule has 30 heavy (non-hydrogen) atoms. The predicted octanol–water partition coefficient (Wildman–Crippen LogP) is 3.85. The molecule has 1 aromatic heterocycles. The molecule has 5 heteroatoms. The Bertz CT molecular complexity index is 941. The number of nitrogens with zero attached hydrogens (tertiary/aromatic N) is 1. The lowest BCUT2D eigenvalue weighted by atomic mass is 9.56. The van der Waals surface area contributed by atoms with E-state index >= 15 is 0 Å². The molecule has 158 valence electrons. The Morgan fingerprint density at radius 3 is 2.50 bits per heavy atom. The highest BCUT2D eigenvalue weighted by molar-refractivity contribution is 5.83. The maximum absolute atomic E-state index is 12.4. The van der Waals surface area contributed by atoms with E-state index in [9.17, 15) is 15.0 Å². The van der Waals surface area contributed by atoms with Gasteiger partial charge in [0.15, 0.2) is 5.60 Å². The molecule has 0 spiro atoms. The number of fused-ring (bicyclic) bond motifs is 1. The standard InChI is InChI=1S/C25H29NO4/c1-4-21-16(2)14-25(29)22(17(3)30-23(25)27)24(21,28)13-12-20-11-10-19(15-26-20)18-8-6-5-7-9-18/h5-13,15-17,21-22,28-29H,4,14H2,1-3H3/b13-12+/t16-,17+,21+,22-,24+,25-/m0/s1. The zero-order valence-corrected chi connectivity index (χ0v) is 17.7. The third-order valence-electron chi connectivity index (χ3n) is 6.90. The van der Waals surface area contributed by atoms with Gasteiger partial charge in [-0.25, -0.2) is 4.79 Å². The number of hydrogen-bond donors (Lipinski definition) is 2. The molecule has 1 aliphatic carbocycles. The van der Waals surface area contributed by atoms with Gasteiger partial charge < -0.3 is 14.9 Å². The smallest absolute Gasteiger partial charge is 0.338 e. The number of carbonyl (C=O) groups is 1. The van der Waals surface area contributed by atoms with Gasteiger partial charge in [-0.1, -0.05) is 56.3 Å². The number of esters is 1. The number of benzene rings is 1. The third-order valence-corrected chi connectivity index (χ3v) is 6.90. The number of rotatable bonds is 4. The summed E-state index contributed by atoms with van der Waals surface area (Å²) in [5.74, 6) is -1.46. The maximum Gasteiger partial charge on any atom is 0.338 e. The second-order valence-electron chi connectivity index (χ2n) is 8.77. The second kappa shape index (κ2) is 7.64. The molecule has 5 nitrogen and oxygen atoms in total. The predicted molar refractivity (Wildman–Crippen MR) is 115 cm³/mol. The van der Waals surface area contributed by atoms with Crippen LogP contribution in [0.3, 0.4) is 0 Å². The second-order valence-corrected chi connectivity index (χ2v) is 8.77. The molecular weight excluding hydrogens is 378 g/mol. The molecule has 0 bridgehead atoms. The van der Waals surface area contributed by atoms with Crippen molar-refractivity contribution in [3.63, 3.8) is 0 Å². The highest BCUT2D eigenvalue weighted by Gasteiger charge is 2.67. The third kappa shape index (κ3) is 3.26. The molecule has 0 amide bonds. The minimum Gasteiger partial charge on any atom is -0.460 e. The summed E-state index contributed by atoms with van der Waals surface area (Å²) < 4.78 is 5.37. The Balaban J connectivity index is 1.66. The maximum atomic E-state index is 12.4. The van der Waals surface area contributed by atoms with Crippen LogP contribution in [-0.2, 0) is 9.53 Å². The molecule has 4 rings (SSSR count). The molecule has 2 aromatic rings. The monoisotopic (exact) mass is 407 g/mol. The molecule has 0 unspecified atom stereocenters. The van der Waals surface area contributed by atoms with Crippen LogP contribution in [0.4, 0.5) is 0 Å². The number of cyclic esters (lactones) is 1. The first-order valence-electron chi connectivity index (χ1n) is 10.7. The zero-order chi connectivity index (χ0) is 21.5. The van der Waals surface area contributed by atoms with E-state index in [0.29, 0.717) is 12.1 Å². The zero-order valence-electron chi connectivity index (χ0n) is 17.7. The average Bonchev–Trinajstić information content (AvgIpc) is 2.96. The van der Waals surface area contributed by atoms with Crippen LogP contribution in [0.15, 0.2) is 54.7 Å². The summed E-state index contributed by atoms with van der Waals surface area (Å²) in [5.41, 5.74) is -0.216. The van der Waals surface area contributed by atoms with Crippen molar-refractivity contribution in [2.75, 3.05) is 0 Å². The van der Waals surface area contributed by atoms with Crippen LogP contribution in [0.25, 0.3) is 17.2 Å². The average molecular weight is 408 g/mol. The summed E-state index contributed by atoms with van der Waals surface area (Å²) in [4.78, 5) is 16.9. The number of hydrogen-bond acceptors (Lipinski definition) is 5. The molecule has 1 saturated heterocycles. The molecule has 0 radical (unpaired) electrons. The fourth-order valence-electron chi connectivity index (χ4n) is 5.62. The first kappa shape index (κ1) is 20.8. The molecule has 2 fully saturated rings. The number of pyridine rings is 1. The van der Waals surface area contributed by atoms with Crippen molar-refractivity contribution in [2.45, 2.75) is 50.9 Å². The first-order valence-corrected chi connectivity index (χ1v) is 10.7. The minimum atomic E-state index is -1.66. The Hall–Kier alpha value is -2.50. The van der Waals surface area contributed by atoms with Crippen LogP contribution in [-0.4, -0.2) is 38.5 Å². The van der Waals surface area contributed by atoms with Gasteiger partial charge in [0.25, 0.3) is 0 Å². The van der Waals surface area contributed by atoms with Gasteiger partial charge in [-0.05, 0) is 49.3 Å². The summed E-state index contributed by atoms with van der Waals surface area (Å²) in [6.07, 6.45) is 5.78.